The second-order valence-electron chi connectivity index (χ2n) is 14.7. The summed E-state index contributed by atoms with van der Waals surface area (Å²) in [6, 6.07) is 0. The molecule has 5 fully saturated rings. The molecule has 0 aromatic rings. The zero-order valence-electron chi connectivity index (χ0n) is 25.5. The van der Waals surface area contributed by atoms with Gasteiger partial charge in [0.15, 0.2) is 0 Å². The Bertz CT molecular complexity index is 1220. The van der Waals surface area contributed by atoms with Gasteiger partial charge in [0, 0.05) is 47.0 Å². The van der Waals surface area contributed by atoms with E-state index in [0.29, 0.717) is 31.6 Å². The van der Waals surface area contributed by atoms with Crippen molar-refractivity contribution in [3.8, 4) is 0 Å². The minimum atomic E-state index is -0.713. The van der Waals surface area contributed by atoms with Crippen molar-refractivity contribution in [1.29, 1.82) is 0 Å². The Morgan fingerprint density at radius 2 is 1.88 bits per heavy atom. The maximum atomic E-state index is 13.5. The molecule has 1 N–H and O–H groups in total. The van der Waals surface area contributed by atoms with E-state index >= 15 is 0 Å². The highest BCUT2D eigenvalue weighted by atomic mass is 16.6. The fourth-order valence-electron chi connectivity index (χ4n) is 10.9. The third-order valence-electron chi connectivity index (χ3n) is 12.8. The molecular formula is C33H46O8. The molecule has 2 aliphatic heterocycles. The van der Waals surface area contributed by atoms with Gasteiger partial charge in [0.2, 0.25) is 0 Å². The van der Waals surface area contributed by atoms with Crippen molar-refractivity contribution in [3.05, 3.63) is 23.3 Å². The van der Waals surface area contributed by atoms with E-state index in [9.17, 15) is 19.5 Å². The lowest BCUT2D eigenvalue weighted by molar-refractivity contribution is -0.263. The van der Waals surface area contributed by atoms with Crippen LogP contribution in [0.2, 0.25) is 0 Å². The van der Waals surface area contributed by atoms with Crippen LogP contribution < -0.4 is 0 Å². The lowest BCUT2D eigenvalue weighted by atomic mass is 9.36. The maximum absolute atomic E-state index is 13.5. The molecule has 2 saturated heterocycles. The Labute approximate surface area is 243 Å². The van der Waals surface area contributed by atoms with Gasteiger partial charge < -0.3 is 24.1 Å². The smallest absolute Gasteiger partial charge is 0.333 e. The molecule has 4 aliphatic carbocycles. The summed E-state index contributed by atoms with van der Waals surface area (Å²) in [6.45, 7) is 14.7. The molecule has 8 heteroatoms. The topological polar surface area (TPSA) is 108 Å². The summed E-state index contributed by atoms with van der Waals surface area (Å²) in [6.07, 6.45) is 5.29. The predicted molar refractivity (Wildman–Crippen MR) is 149 cm³/mol. The fourth-order valence-corrected chi connectivity index (χ4v) is 10.9. The minimum absolute atomic E-state index is 0.00815. The molecule has 12 unspecified atom stereocenters. The number of esters is 3. The number of fused-ring (bicyclic) bond motifs is 4. The molecule has 0 radical (unpaired) electrons. The van der Waals surface area contributed by atoms with E-state index in [1.165, 1.54) is 12.5 Å². The summed E-state index contributed by atoms with van der Waals surface area (Å²) in [7, 11) is 0. The number of aliphatic hydroxyl groups excluding tert-OH is 1. The molecule has 0 spiro atoms. The first-order valence-electron chi connectivity index (χ1n) is 15.4. The number of ether oxygens (including phenoxy) is 4. The average molecular weight is 571 g/mol. The molecular weight excluding hydrogens is 524 g/mol. The van der Waals surface area contributed by atoms with Gasteiger partial charge >= 0.3 is 17.9 Å². The van der Waals surface area contributed by atoms with Crippen LogP contribution in [-0.2, 0) is 33.3 Å². The number of cyclic esters (lactones) is 1. The molecule has 41 heavy (non-hydrogen) atoms. The van der Waals surface area contributed by atoms with Crippen LogP contribution in [0.1, 0.15) is 80.6 Å². The van der Waals surface area contributed by atoms with Crippen LogP contribution in [0.4, 0.5) is 0 Å². The van der Waals surface area contributed by atoms with Crippen LogP contribution in [0, 0.1) is 45.3 Å². The molecule has 6 rings (SSSR count). The third-order valence-corrected chi connectivity index (χ3v) is 12.8. The zero-order chi connectivity index (χ0) is 29.7. The first kappa shape index (κ1) is 28.9. The van der Waals surface area contributed by atoms with Gasteiger partial charge in [-0.2, -0.15) is 0 Å². The zero-order valence-corrected chi connectivity index (χ0v) is 25.5. The summed E-state index contributed by atoms with van der Waals surface area (Å²) >= 11 is 0. The molecule has 12 atom stereocenters. The van der Waals surface area contributed by atoms with Gasteiger partial charge in [0.25, 0.3) is 0 Å². The van der Waals surface area contributed by atoms with E-state index in [4.69, 9.17) is 18.9 Å². The molecule has 0 aromatic heterocycles. The quantitative estimate of drug-likeness (QED) is 0.227. The van der Waals surface area contributed by atoms with E-state index < -0.39 is 40.7 Å². The summed E-state index contributed by atoms with van der Waals surface area (Å²) in [5.41, 5.74) is -0.0413. The molecule has 8 nitrogen and oxygen atoms in total. The van der Waals surface area contributed by atoms with Crippen molar-refractivity contribution < 1.29 is 38.4 Å². The average Bonchev–Trinajstić information content (AvgIpc) is 3.60. The first-order valence-corrected chi connectivity index (χ1v) is 15.4. The highest BCUT2D eigenvalue weighted by Crippen LogP contribution is 2.75. The lowest BCUT2D eigenvalue weighted by Crippen LogP contribution is -2.73. The summed E-state index contributed by atoms with van der Waals surface area (Å²) in [5, 5.41) is 12.0. The first-order chi connectivity index (χ1) is 19.2. The molecule has 2 heterocycles. The van der Waals surface area contributed by atoms with Crippen LogP contribution >= 0.6 is 0 Å². The summed E-state index contributed by atoms with van der Waals surface area (Å²) in [5.74, 6) is -0.589. The van der Waals surface area contributed by atoms with Gasteiger partial charge in [0.1, 0.15) is 12.2 Å². The van der Waals surface area contributed by atoms with Crippen molar-refractivity contribution in [2.45, 2.75) is 105 Å². The maximum Gasteiger partial charge on any atom is 0.333 e. The number of hydrogen-bond acceptors (Lipinski definition) is 8. The molecule has 226 valence electrons. The van der Waals surface area contributed by atoms with Crippen LogP contribution in [0.25, 0.3) is 0 Å². The molecule has 0 bridgehead atoms. The van der Waals surface area contributed by atoms with Gasteiger partial charge in [-0.25, -0.2) is 4.79 Å². The van der Waals surface area contributed by atoms with E-state index in [2.05, 4.69) is 33.8 Å². The Balaban J connectivity index is 1.48. The molecule has 0 aromatic carbocycles. The van der Waals surface area contributed by atoms with Gasteiger partial charge in [-0.15, -0.1) is 0 Å². The third kappa shape index (κ3) is 3.74. The highest BCUT2D eigenvalue weighted by Gasteiger charge is 2.77. The fraction of sp³-hybridized carbons (Fsp3) is 0.788. The SMILES string of the molecule is CC=C(C)C(=O)OC1C2OCC3(C)C(OC(C)=O)CC(O)C(C)(C23)C2CCC3(C)C(=CCC3C3COC(=O)C3)C12C. The molecule has 0 amide bonds. The number of carbonyl (C=O) groups is 3. The minimum Gasteiger partial charge on any atom is -0.465 e. The second-order valence-corrected chi connectivity index (χ2v) is 14.7. The number of aliphatic hydroxyl groups is 1. The Kier molecular flexibility index (Phi) is 6.63. The Hall–Kier alpha value is -2.19. The molecule has 3 saturated carbocycles. The molecule has 6 aliphatic rings. The van der Waals surface area contributed by atoms with Gasteiger partial charge in [-0.3, -0.25) is 9.59 Å². The van der Waals surface area contributed by atoms with Crippen molar-refractivity contribution >= 4 is 17.9 Å². The lowest BCUT2D eigenvalue weighted by Gasteiger charge is -2.69. The van der Waals surface area contributed by atoms with Crippen LogP contribution in [0.3, 0.4) is 0 Å². The summed E-state index contributed by atoms with van der Waals surface area (Å²) in [4.78, 5) is 37.7. The standard InChI is InChI=1S/C33H46O8/c1-8-17(2)29(37)41-28-26-27-31(5,16-39-26)24(40-18(3)34)14-23(35)33(27,7)22-11-12-30(4)20(19-13-25(36)38-15-19)9-10-21(30)32(22,28)6/h8,10,19-20,22-24,26-28,35H,9,11-16H2,1-7H3. The van der Waals surface area contributed by atoms with Crippen molar-refractivity contribution in [1.82, 2.24) is 0 Å². The predicted octanol–water partition coefficient (Wildman–Crippen LogP) is 4.53. The van der Waals surface area contributed by atoms with Crippen molar-refractivity contribution in [3.63, 3.8) is 0 Å². The van der Waals surface area contributed by atoms with E-state index in [1.54, 1.807) is 13.0 Å². The largest absolute Gasteiger partial charge is 0.465 e. The monoisotopic (exact) mass is 570 g/mol. The van der Waals surface area contributed by atoms with Gasteiger partial charge in [0.05, 0.1) is 31.8 Å². The Morgan fingerprint density at radius 3 is 2.51 bits per heavy atom. The second kappa shape index (κ2) is 9.40. The van der Waals surface area contributed by atoms with E-state index in [0.717, 1.165) is 19.3 Å². The number of rotatable bonds is 4. The number of allylic oxidation sites excluding steroid dienone is 2. The van der Waals surface area contributed by atoms with Crippen molar-refractivity contribution in [2.75, 3.05) is 13.2 Å². The van der Waals surface area contributed by atoms with Crippen LogP contribution in [0.15, 0.2) is 23.3 Å². The normalized spacial score (nSPS) is 50.3. The van der Waals surface area contributed by atoms with E-state index in [1.807, 2.05) is 6.92 Å². The number of carbonyl (C=O) groups excluding carboxylic acids is 3. The van der Waals surface area contributed by atoms with Gasteiger partial charge in [-0.05, 0) is 50.4 Å². The van der Waals surface area contributed by atoms with E-state index in [-0.39, 0.29) is 47.0 Å². The van der Waals surface area contributed by atoms with Gasteiger partial charge in [-0.1, -0.05) is 45.4 Å². The van der Waals surface area contributed by atoms with Crippen LogP contribution in [0.5, 0.6) is 0 Å². The van der Waals surface area contributed by atoms with Crippen LogP contribution in [-0.4, -0.2) is 60.6 Å². The Morgan fingerprint density at radius 1 is 1.15 bits per heavy atom. The number of hydrogen-bond donors (Lipinski definition) is 1. The van der Waals surface area contributed by atoms with Crippen molar-refractivity contribution in [2.24, 2.45) is 45.3 Å². The summed E-state index contributed by atoms with van der Waals surface area (Å²) < 4.78 is 24.4. The highest BCUT2D eigenvalue weighted by molar-refractivity contribution is 5.87.